The van der Waals surface area contributed by atoms with Crippen molar-refractivity contribution < 1.29 is 18.7 Å². The maximum absolute atomic E-state index is 12.6. The summed E-state index contributed by atoms with van der Waals surface area (Å²) in [4.78, 5) is 29.3. The van der Waals surface area contributed by atoms with E-state index in [1.54, 1.807) is 13.4 Å². The number of nitrogens with zero attached hydrogens (tertiary/aromatic N) is 2. The molecule has 0 saturated carbocycles. The maximum Gasteiger partial charge on any atom is 0.289 e. The van der Waals surface area contributed by atoms with Gasteiger partial charge in [-0.25, -0.2) is 0 Å². The Kier molecular flexibility index (Phi) is 6.90. The third-order valence-electron chi connectivity index (χ3n) is 5.75. The molecule has 3 rings (SSSR count). The van der Waals surface area contributed by atoms with Crippen molar-refractivity contribution in [3.05, 3.63) is 23.7 Å². The van der Waals surface area contributed by atoms with Gasteiger partial charge in [0.05, 0.1) is 18.8 Å². The Morgan fingerprint density at radius 1 is 1.26 bits per heavy atom. The number of aryl methyl sites for hydroxylation is 1. The normalized spacial score (nSPS) is 22.0. The highest BCUT2D eigenvalue weighted by Gasteiger charge is 2.33. The molecule has 2 fully saturated rings. The fraction of sp³-hybridized carbons (Fsp3) is 0.700. The molecule has 0 aliphatic carbocycles. The number of rotatable bonds is 6. The molecule has 2 aliphatic heterocycles. The summed E-state index contributed by atoms with van der Waals surface area (Å²) in [7, 11) is 1.64. The highest BCUT2D eigenvalue weighted by Crippen LogP contribution is 2.25. The van der Waals surface area contributed by atoms with E-state index in [0.29, 0.717) is 25.0 Å². The number of ether oxygens (including phenoxy) is 1. The highest BCUT2D eigenvalue weighted by molar-refractivity contribution is 5.92. The molecular formula is C20H31N3O4. The number of carbonyl (C=O) groups excluding carboxylic acids is 2. The molecule has 150 valence electrons. The number of methoxy groups -OCH3 is 1. The molecule has 2 aliphatic rings. The van der Waals surface area contributed by atoms with Crippen LogP contribution in [-0.2, 0) is 9.53 Å². The molecule has 1 unspecified atom stereocenters. The highest BCUT2D eigenvalue weighted by atomic mass is 16.5. The van der Waals surface area contributed by atoms with Crippen LogP contribution in [0.15, 0.2) is 16.7 Å². The number of amides is 2. The summed E-state index contributed by atoms with van der Waals surface area (Å²) >= 11 is 0. The van der Waals surface area contributed by atoms with Gasteiger partial charge in [0, 0.05) is 44.9 Å². The van der Waals surface area contributed by atoms with Crippen molar-refractivity contribution in [3.8, 4) is 0 Å². The molecule has 0 radical (unpaired) electrons. The summed E-state index contributed by atoms with van der Waals surface area (Å²) in [6, 6.07) is 2.27. The van der Waals surface area contributed by atoms with E-state index in [1.165, 1.54) is 0 Å². The summed E-state index contributed by atoms with van der Waals surface area (Å²) in [6.45, 7) is 6.35. The van der Waals surface area contributed by atoms with E-state index in [4.69, 9.17) is 9.15 Å². The van der Waals surface area contributed by atoms with E-state index in [2.05, 4.69) is 10.2 Å². The van der Waals surface area contributed by atoms with Crippen LogP contribution in [0.1, 0.15) is 41.8 Å². The monoisotopic (exact) mass is 377 g/mol. The lowest BCUT2D eigenvalue weighted by Gasteiger charge is -2.41. The minimum Gasteiger partial charge on any atom is -0.459 e. The minimum atomic E-state index is -0.00927. The Balaban J connectivity index is 1.48. The van der Waals surface area contributed by atoms with Gasteiger partial charge in [0.25, 0.3) is 5.91 Å². The van der Waals surface area contributed by atoms with E-state index >= 15 is 0 Å². The lowest BCUT2D eigenvalue weighted by atomic mass is 9.93. The minimum absolute atomic E-state index is 0.00927. The zero-order chi connectivity index (χ0) is 19.2. The van der Waals surface area contributed by atoms with Crippen molar-refractivity contribution in [2.45, 2.75) is 38.6 Å². The van der Waals surface area contributed by atoms with Crippen molar-refractivity contribution in [1.82, 2.24) is 15.1 Å². The number of piperidine rings is 2. The zero-order valence-electron chi connectivity index (χ0n) is 16.4. The summed E-state index contributed by atoms with van der Waals surface area (Å²) in [5.41, 5.74) is 0.889. The smallest absolute Gasteiger partial charge is 0.289 e. The van der Waals surface area contributed by atoms with Gasteiger partial charge in [0.15, 0.2) is 5.76 Å². The molecule has 27 heavy (non-hydrogen) atoms. The second kappa shape index (κ2) is 9.37. The first kappa shape index (κ1) is 19.9. The van der Waals surface area contributed by atoms with Gasteiger partial charge in [0.2, 0.25) is 5.91 Å². The van der Waals surface area contributed by atoms with Crippen LogP contribution in [-0.4, -0.2) is 74.1 Å². The fourth-order valence-electron chi connectivity index (χ4n) is 4.14. The molecule has 1 aromatic rings. The van der Waals surface area contributed by atoms with Gasteiger partial charge in [-0.1, -0.05) is 0 Å². The van der Waals surface area contributed by atoms with E-state index in [1.807, 2.05) is 17.9 Å². The third kappa shape index (κ3) is 4.90. The summed E-state index contributed by atoms with van der Waals surface area (Å²) in [5.74, 6) is 0.642. The van der Waals surface area contributed by atoms with Crippen molar-refractivity contribution >= 4 is 11.8 Å². The van der Waals surface area contributed by atoms with Crippen LogP contribution in [0.5, 0.6) is 0 Å². The lowest BCUT2D eigenvalue weighted by molar-refractivity contribution is -0.127. The van der Waals surface area contributed by atoms with Crippen LogP contribution in [0.2, 0.25) is 0 Å². The first-order valence-electron chi connectivity index (χ1n) is 9.94. The average molecular weight is 377 g/mol. The predicted molar refractivity (Wildman–Crippen MR) is 102 cm³/mol. The van der Waals surface area contributed by atoms with Crippen LogP contribution in [0.4, 0.5) is 0 Å². The molecule has 1 atom stereocenters. The molecule has 7 heteroatoms. The van der Waals surface area contributed by atoms with Gasteiger partial charge < -0.3 is 19.4 Å². The predicted octanol–water partition coefficient (Wildman–Crippen LogP) is 1.67. The Hall–Kier alpha value is -1.86. The summed E-state index contributed by atoms with van der Waals surface area (Å²) in [5, 5.41) is 2.97. The Morgan fingerprint density at radius 3 is 2.70 bits per heavy atom. The van der Waals surface area contributed by atoms with Gasteiger partial charge in [-0.2, -0.15) is 0 Å². The molecule has 1 N–H and O–H groups in total. The number of carbonyl (C=O) groups is 2. The Bertz CT molecular complexity index is 637. The molecule has 2 amide bonds. The molecule has 3 heterocycles. The van der Waals surface area contributed by atoms with Gasteiger partial charge in [-0.3, -0.25) is 14.5 Å². The van der Waals surface area contributed by atoms with Crippen molar-refractivity contribution in [2.24, 2.45) is 5.92 Å². The molecular weight excluding hydrogens is 346 g/mol. The second-order valence-corrected chi connectivity index (χ2v) is 7.57. The largest absolute Gasteiger partial charge is 0.459 e. The standard InChI is InChI=1S/C20H31N3O4/c1-15-7-12-27-18(15)20(25)22-10-5-17(6-11-22)23-9-3-4-16(14-23)19(24)21-8-13-26-2/h7,12,16-17H,3-6,8-11,13-14H2,1-2H3,(H,21,24). The van der Waals surface area contributed by atoms with E-state index in [9.17, 15) is 9.59 Å². The Labute approximate surface area is 161 Å². The van der Waals surface area contributed by atoms with Crippen LogP contribution in [0, 0.1) is 12.8 Å². The third-order valence-corrected chi connectivity index (χ3v) is 5.75. The van der Waals surface area contributed by atoms with Gasteiger partial charge in [-0.05, 0) is 45.2 Å². The van der Waals surface area contributed by atoms with E-state index in [-0.39, 0.29) is 17.7 Å². The number of hydrogen-bond acceptors (Lipinski definition) is 5. The fourth-order valence-corrected chi connectivity index (χ4v) is 4.14. The molecule has 1 aromatic heterocycles. The topological polar surface area (TPSA) is 75.0 Å². The number of likely N-dealkylation sites (tertiary alicyclic amines) is 2. The first-order chi connectivity index (χ1) is 13.1. The molecule has 0 spiro atoms. The van der Waals surface area contributed by atoms with Gasteiger partial charge >= 0.3 is 0 Å². The van der Waals surface area contributed by atoms with Crippen LogP contribution in [0.3, 0.4) is 0 Å². The zero-order valence-corrected chi connectivity index (χ0v) is 16.4. The van der Waals surface area contributed by atoms with Gasteiger partial charge in [-0.15, -0.1) is 0 Å². The lowest BCUT2D eigenvalue weighted by Crippen LogP contribution is -2.51. The Morgan fingerprint density at radius 2 is 2.04 bits per heavy atom. The molecule has 0 bridgehead atoms. The number of nitrogens with one attached hydrogen (secondary N) is 1. The first-order valence-corrected chi connectivity index (χ1v) is 9.94. The SMILES string of the molecule is COCCNC(=O)C1CCCN(C2CCN(C(=O)c3occc3C)CC2)C1. The molecule has 2 saturated heterocycles. The second-order valence-electron chi connectivity index (χ2n) is 7.57. The number of hydrogen-bond donors (Lipinski definition) is 1. The van der Waals surface area contributed by atoms with Crippen molar-refractivity contribution in [3.63, 3.8) is 0 Å². The van der Waals surface area contributed by atoms with Crippen LogP contribution in [0.25, 0.3) is 0 Å². The quantitative estimate of drug-likeness (QED) is 0.764. The van der Waals surface area contributed by atoms with E-state index in [0.717, 1.165) is 57.4 Å². The maximum atomic E-state index is 12.6. The van der Waals surface area contributed by atoms with E-state index < -0.39 is 0 Å². The van der Waals surface area contributed by atoms with Crippen LogP contribution >= 0.6 is 0 Å². The van der Waals surface area contributed by atoms with Crippen molar-refractivity contribution in [1.29, 1.82) is 0 Å². The average Bonchev–Trinajstić information content (AvgIpc) is 3.13. The summed E-state index contributed by atoms with van der Waals surface area (Å²) in [6.07, 6.45) is 5.46. The van der Waals surface area contributed by atoms with Crippen LogP contribution < -0.4 is 5.32 Å². The van der Waals surface area contributed by atoms with Gasteiger partial charge in [0.1, 0.15) is 0 Å². The number of furan rings is 1. The summed E-state index contributed by atoms with van der Waals surface area (Å²) < 4.78 is 10.3. The molecule has 0 aromatic carbocycles. The van der Waals surface area contributed by atoms with Crippen molar-refractivity contribution in [2.75, 3.05) is 46.4 Å². The molecule has 7 nitrogen and oxygen atoms in total.